The second-order valence-electron chi connectivity index (χ2n) is 6.97. The second-order valence-corrected chi connectivity index (χ2v) is 7.84. The van der Waals surface area contributed by atoms with E-state index in [1.165, 1.54) is 25.1 Å². The quantitative estimate of drug-likeness (QED) is 0.379. The Kier molecular flexibility index (Phi) is 7.87. The Morgan fingerprint density at radius 2 is 1.62 bits per heavy atom. The molecule has 3 rings (SSSR count). The molecule has 0 saturated heterocycles. The predicted octanol–water partition coefficient (Wildman–Crippen LogP) is 4.90. The fraction of sp³-hybridized carbons (Fsp3) is 0.125. The number of ether oxygens (including phenoxy) is 1. The van der Waals surface area contributed by atoms with E-state index in [-0.39, 0.29) is 28.7 Å². The molecule has 3 aromatic carbocycles. The third-order valence-electron chi connectivity index (χ3n) is 4.43. The van der Waals surface area contributed by atoms with Gasteiger partial charge in [0.25, 0.3) is 5.91 Å². The number of hydrogen-bond acceptors (Lipinski definition) is 4. The Morgan fingerprint density at radius 1 is 0.906 bits per heavy atom. The minimum Gasteiger partial charge on any atom is -0.424 e. The molecule has 0 heterocycles. The largest absolute Gasteiger partial charge is 0.424 e. The Balaban J connectivity index is 1.82. The molecule has 164 valence electrons. The SMILES string of the molecule is CC(=O)N[C@@H](Cc1ccccc1)C(=O)Oc1cc(Cl)ccc1C(=O)Nc1cccc(Cl)c1. The lowest BCUT2D eigenvalue weighted by atomic mass is 10.1. The molecule has 32 heavy (non-hydrogen) atoms. The fourth-order valence-corrected chi connectivity index (χ4v) is 3.35. The van der Waals surface area contributed by atoms with Crippen LogP contribution in [0.5, 0.6) is 5.75 Å². The van der Waals surface area contributed by atoms with E-state index < -0.39 is 17.9 Å². The van der Waals surface area contributed by atoms with Gasteiger partial charge in [-0.25, -0.2) is 4.79 Å². The summed E-state index contributed by atoms with van der Waals surface area (Å²) in [6.07, 6.45) is 0.226. The number of amides is 2. The second kappa shape index (κ2) is 10.8. The van der Waals surface area contributed by atoms with Crippen LogP contribution < -0.4 is 15.4 Å². The van der Waals surface area contributed by atoms with E-state index in [0.717, 1.165) is 5.56 Å². The van der Waals surface area contributed by atoms with Crippen molar-refractivity contribution >= 4 is 46.7 Å². The first kappa shape index (κ1) is 23.3. The van der Waals surface area contributed by atoms with Crippen LogP contribution in [-0.4, -0.2) is 23.8 Å². The van der Waals surface area contributed by atoms with Gasteiger partial charge in [0.15, 0.2) is 0 Å². The first-order valence-electron chi connectivity index (χ1n) is 9.71. The van der Waals surface area contributed by atoms with Crippen molar-refractivity contribution in [1.29, 1.82) is 0 Å². The number of nitrogens with one attached hydrogen (secondary N) is 2. The summed E-state index contributed by atoms with van der Waals surface area (Å²) in [6, 6.07) is 19.2. The summed E-state index contributed by atoms with van der Waals surface area (Å²) < 4.78 is 5.52. The van der Waals surface area contributed by atoms with Gasteiger partial charge in [-0.15, -0.1) is 0 Å². The van der Waals surface area contributed by atoms with Crippen molar-refractivity contribution in [2.75, 3.05) is 5.32 Å². The van der Waals surface area contributed by atoms with Gasteiger partial charge >= 0.3 is 5.97 Å². The summed E-state index contributed by atoms with van der Waals surface area (Å²) in [5.41, 5.74) is 1.42. The summed E-state index contributed by atoms with van der Waals surface area (Å²) in [6.45, 7) is 1.31. The highest BCUT2D eigenvalue weighted by atomic mass is 35.5. The lowest BCUT2D eigenvalue weighted by Gasteiger charge is -2.18. The Labute approximate surface area is 195 Å². The number of benzene rings is 3. The van der Waals surface area contributed by atoms with Crippen molar-refractivity contribution < 1.29 is 19.1 Å². The lowest BCUT2D eigenvalue weighted by Crippen LogP contribution is -2.43. The number of rotatable bonds is 7. The van der Waals surface area contributed by atoms with E-state index in [2.05, 4.69) is 10.6 Å². The van der Waals surface area contributed by atoms with Gasteiger partial charge < -0.3 is 15.4 Å². The van der Waals surface area contributed by atoms with Crippen LogP contribution in [-0.2, 0) is 16.0 Å². The molecule has 0 radical (unpaired) electrons. The Hall–Kier alpha value is -3.35. The number of carbonyl (C=O) groups is 3. The van der Waals surface area contributed by atoms with Crippen LogP contribution in [0.1, 0.15) is 22.8 Å². The molecule has 0 unspecified atom stereocenters. The number of carbonyl (C=O) groups excluding carboxylic acids is 3. The molecule has 2 N–H and O–H groups in total. The van der Waals surface area contributed by atoms with E-state index in [1.54, 1.807) is 24.3 Å². The summed E-state index contributed by atoms with van der Waals surface area (Å²) in [5.74, 6) is -1.63. The fourth-order valence-electron chi connectivity index (χ4n) is 3.00. The standard InChI is InChI=1S/C24H20Cl2N2O4/c1-15(29)27-21(12-16-6-3-2-4-7-16)24(31)32-22-14-18(26)10-11-20(22)23(30)28-19-9-5-8-17(25)13-19/h2-11,13-14,21H,12H2,1H3,(H,27,29)(H,28,30)/t21-/m0/s1. The molecular formula is C24H20Cl2N2O4. The van der Waals surface area contributed by atoms with Gasteiger partial charge in [-0.1, -0.05) is 59.6 Å². The van der Waals surface area contributed by atoms with E-state index in [0.29, 0.717) is 10.7 Å². The highest BCUT2D eigenvalue weighted by Gasteiger charge is 2.24. The van der Waals surface area contributed by atoms with Crippen molar-refractivity contribution in [2.45, 2.75) is 19.4 Å². The van der Waals surface area contributed by atoms with Crippen LogP contribution in [0.15, 0.2) is 72.8 Å². The van der Waals surface area contributed by atoms with Gasteiger partial charge in [0.2, 0.25) is 5.91 Å². The van der Waals surface area contributed by atoms with Crippen molar-refractivity contribution in [2.24, 2.45) is 0 Å². The van der Waals surface area contributed by atoms with Gasteiger partial charge in [0, 0.05) is 35.1 Å². The maximum absolute atomic E-state index is 12.9. The summed E-state index contributed by atoms with van der Waals surface area (Å²) in [7, 11) is 0. The van der Waals surface area contributed by atoms with Crippen LogP contribution in [0.2, 0.25) is 10.0 Å². The number of hydrogen-bond donors (Lipinski definition) is 2. The van der Waals surface area contributed by atoms with Crippen LogP contribution in [0, 0.1) is 0 Å². The highest BCUT2D eigenvalue weighted by Crippen LogP contribution is 2.26. The van der Waals surface area contributed by atoms with Crippen LogP contribution in [0.25, 0.3) is 0 Å². The number of esters is 1. The van der Waals surface area contributed by atoms with Gasteiger partial charge in [0.1, 0.15) is 11.8 Å². The Morgan fingerprint density at radius 3 is 2.31 bits per heavy atom. The third-order valence-corrected chi connectivity index (χ3v) is 4.90. The van der Waals surface area contributed by atoms with Gasteiger partial charge in [-0.3, -0.25) is 9.59 Å². The molecule has 0 aliphatic heterocycles. The summed E-state index contributed by atoms with van der Waals surface area (Å²) >= 11 is 12.0. The van der Waals surface area contributed by atoms with Crippen molar-refractivity contribution in [3.8, 4) is 5.75 Å². The predicted molar refractivity (Wildman–Crippen MR) is 124 cm³/mol. The first-order valence-corrected chi connectivity index (χ1v) is 10.5. The molecule has 1 atom stereocenters. The third kappa shape index (κ3) is 6.57. The molecule has 6 nitrogen and oxygen atoms in total. The summed E-state index contributed by atoms with van der Waals surface area (Å²) in [4.78, 5) is 37.4. The molecule has 0 fully saturated rings. The minimum atomic E-state index is -0.947. The van der Waals surface area contributed by atoms with Crippen LogP contribution in [0.4, 0.5) is 5.69 Å². The maximum atomic E-state index is 12.9. The highest BCUT2D eigenvalue weighted by molar-refractivity contribution is 6.31. The van der Waals surface area contributed by atoms with Crippen LogP contribution >= 0.6 is 23.2 Å². The maximum Gasteiger partial charge on any atom is 0.334 e. The Bertz CT molecular complexity index is 1140. The summed E-state index contributed by atoms with van der Waals surface area (Å²) in [5, 5.41) is 6.05. The molecular weight excluding hydrogens is 451 g/mol. The molecule has 0 saturated carbocycles. The first-order chi connectivity index (χ1) is 15.3. The minimum absolute atomic E-state index is 0.0227. The molecule has 0 aromatic heterocycles. The average molecular weight is 471 g/mol. The van der Waals surface area contributed by atoms with E-state index in [4.69, 9.17) is 27.9 Å². The zero-order chi connectivity index (χ0) is 23.1. The van der Waals surface area contributed by atoms with Gasteiger partial charge in [0.05, 0.1) is 5.56 Å². The number of halogens is 2. The van der Waals surface area contributed by atoms with Crippen LogP contribution in [0.3, 0.4) is 0 Å². The zero-order valence-electron chi connectivity index (χ0n) is 17.1. The monoisotopic (exact) mass is 470 g/mol. The van der Waals surface area contributed by atoms with Crippen molar-refractivity contribution in [3.63, 3.8) is 0 Å². The van der Waals surface area contributed by atoms with E-state index in [9.17, 15) is 14.4 Å². The van der Waals surface area contributed by atoms with Crippen molar-refractivity contribution in [1.82, 2.24) is 5.32 Å². The normalized spacial score (nSPS) is 11.3. The molecule has 0 spiro atoms. The molecule has 0 aliphatic carbocycles. The number of anilines is 1. The van der Waals surface area contributed by atoms with E-state index >= 15 is 0 Å². The smallest absolute Gasteiger partial charge is 0.334 e. The molecule has 8 heteroatoms. The van der Waals surface area contributed by atoms with Gasteiger partial charge in [-0.2, -0.15) is 0 Å². The molecule has 2 amide bonds. The zero-order valence-corrected chi connectivity index (χ0v) is 18.6. The topological polar surface area (TPSA) is 84.5 Å². The average Bonchev–Trinajstić information content (AvgIpc) is 2.73. The molecule has 0 bridgehead atoms. The molecule has 0 aliphatic rings. The molecule has 3 aromatic rings. The lowest BCUT2D eigenvalue weighted by molar-refractivity contribution is -0.139. The van der Waals surface area contributed by atoms with Gasteiger partial charge in [-0.05, 0) is 35.9 Å². The van der Waals surface area contributed by atoms with E-state index in [1.807, 2.05) is 30.3 Å². The van der Waals surface area contributed by atoms with Crippen molar-refractivity contribution in [3.05, 3.63) is 94.0 Å².